The Kier molecular flexibility index (Phi) is 4.75. The number of amides is 1. The van der Waals surface area contributed by atoms with Crippen molar-refractivity contribution in [1.29, 1.82) is 0 Å². The van der Waals surface area contributed by atoms with Gasteiger partial charge < -0.3 is 9.64 Å². The van der Waals surface area contributed by atoms with Crippen molar-refractivity contribution in [2.75, 3.05) is 6.54 Å². The van der Waals surface area contributed by atoms with Crippen LogP contribution in [0.15, 0.2) is 30.6 Å². The number of carbonyl (C=O) groups is 1. The summed E-state index contributed by atoms with van der Waals surface area (Å²) in [5.74, 6) is -3.28. The topological polar surface area (TPSA) is 42.4 Å². The zero-order chi connectivity index (χ0) is 18.1. The van der Waals surface area contributed by atoms with Gasteiger partial charge in [0.25, 0.3) is 0 Å². The molecule has 1 fully saturated rings. The average molecular weight is 378 g/mol. The smallest absolute Gasteiger partial charge is 0.249 e. The highest BCUT2D eigenvalue weighted by Crippen LogP contribution is 2.43. The predicted octanol–water partition coefficient (Wildman–Crippen LogP) is 3.79. The zero-order valence-electron chi connectivity index (χ0n) is 14.3. The molecule has 0 bridgehead atoms. The van der Waals surface area contributed by atoms with E-state index in [0.29, 0.717) is 26.3 Å². The molecular weight excluding hydrogens is 358 g/mol. The summed E-state index contributed by atoms with van der Waals surface area (Å²) in [6.07, 6.45) is 3.68. The summed E-state index contributed by atoms with van der Waals surface area (Å²) in [5.41, 5.74) is 2.21. The molecule has 0 radical (unpaired) electrons. The first kappa shape index (κ1) is 17.5. The fourth-order valence-electron chi connectivity index (χ4n) is 3.50. The quantitative estimate of drug-likeness (QED) is 0.795. The van der Waals surface area contributed by atoms with Crippen LogP contribution in [-0.4, -0.2) is 28.3 Å². The van der Waals surface area contributed by atoms with Gasteiger partial charge in [-0.2, -0.15) is 0 Å². The Morgan fingerprint density at radius 1 is 1.31 bits per heavy atom. The molecule has 1 amide bonds. The van der Waals surface area contributed by atoms with Gasteiger partial charge in [0.2, 0.25) is 11.8 Å². The van der Waals surface area contributed by atoms with Gasteiger partial charge in [0, 0.05) is 54.0 Å². The van der Waals surface area contributed by atoms with Gasteiger partial charge in [-0.25, -0.2) is 8.78 Å². The fraction of sp³-hybridized carbons (Fsp3) is 0.474. The first-order valence-corrected chi connectivity index (χ1v) is 9.55. The van der Waals surface area contributed by atoms with Crippen LogP contribution in [-0.2, 0) is 35.7 Å². The van der Waals surface area contributed by atoms with Gasteiger partial charge in [0.05, 0.1) is 13.2 Å². The number of fused-ring (bicyclic) bond motifs is 1. The van der Waals surface area contributed by atoms with E-state index in [1.165, 1.54) is 4.88 Å². The molecule has 7 heteroatoms. The molecule has 2 aromatic heterocycles. The summed E-state index contributed by atoms with van der Waals surface area (Å²) in [7, 11) is 0. The van der Waals surface area contributed by atoms with Gasteiger partial charge >= 0.3 is 0 Å². The first-order chi connectivity index (χ1) is 12.5. The average Bonchev–Trinajstić information content (AvgIpc) is 3.01. The number of aromatic nitrogens is 1. The molecule has 3 heterocycles. The fourth-order valence-corrected chi connectivity index (χ4v) is 4.60. The maximum Gasteiger partial charge on any atom is 0.249 e. The minimum atomic E-state index is -2.65. The first-order valence-electron chi connectivity index (χ1n) is 8.74. The highest BCUT2D eigenvalue weighted by Gasteiger charge is 2.49. The van der Waals surface area contributed by atoms with Crippen molar-refractivity contribution in [3.05, 3.63) is 51.5 Å². The van der Waals surface area contributed by atoms with Crippen LogP contribution in [0.1, 0.15) is 33.7 Å². The highest BCUT2D eigenvalue weighted by molar-refractivity contribution is 7.12. The Bertz CT molecular complexity index is 786. The van der Waals surface area contributed by atoms with Crippen LogP contribution in [0.3, 0.4) is 0 Å². The number of alkyl halides is 2. The van der Waals surface area contributed by atoms with Gasteiger partial charge in [0.1, 0.15) is 0 Å². The Labute approximate surface area is 154 Å². The second kappa shape index (κ2) is 7.04. The number of pyridine rings is 1. The molecule has 138 valence electrons. The minimum absolute atomic E-state index is 0.122. The summed E-state index contributed by atoms with van der Waals surface area (Å²) in [6, 6.07) is 5.93. The van der Waals surface area contributed by atoms with Crippen molar-refractivity contribution < 1.29 is 18.3 Å². The van der Waals surface area contributed by atoms with E-state index < -0.39 is 11.8 Å². The second-order valence-electron chi connectivity index (χ2n) is 6.98. The Morgan fingerprint density at radius 2 is 2.08 bits per heavy atom. The van der Waals surface area contributed by atoms with Crippen molar-refractivity contribution in [3.63, 3.8) is 0 Å². The molecule has 0 spiro atoms. The van der Waals surface area contributed by atoms with Gasteiger partial charge in [-0.3, -0.25) is 9.78 Å². The lowest BCUT2D eigenvalue weighted by Crippen LogP contribution is -2.47. The Morgan fingerprint density at radius 3 is 2.81 bits per heavy atom. The third-order valence-corrected chi connectivity index (χ3v) is 6.14. The number of hydrogen-bond donors (Lipinski definition) is 0. The molecule has 2 aromatic rings. The summed E-state index contributed by atoms with van der Waals surface area (Å²) in [5, 5.41) is 0. The molecule has 1 saturated carbocycles. The lowest BCUT2D eigenvalue weighted by molar-refractivity contribution is -0.160. The molecule has 0 unspecified atom stereocenters. The Hall–Kier alpha value is -1.86. The van der Waals surface area contributed by atoms with Crippen LogP contribution in [0.4, 0.5) is 8.78 Å². The maximum absolute atomic E-state index is 13.0. The summed E-state index contributed by atoms with van der Waals surface area (Å²) < 4.78 is 31.8. The molecule has 0 N–H and O–H groups in total. The standard InChI is InChI=1S/C19H20F2N2O2S/c20-19(21)8-15(9-19)18(24)23-6-3-17-14(10-23)7-16(26-17)12-25-11-13-1-4-22-5-2-13/h1-2,4-5,7,15H,3,6,8-12H2. The molecule has 2 aliphatic rings. The van der Waals surface area contributed by atoms with Gasteiger partial charge in [-0.1, -0.05) is 0 Å². The van der Waals surface area contributed by atoms with E-state index in [4.69, 9.17) is 4.74 Å². The lowest BCUT2D eigenvalue weighted by atomic mass is 9.80. The largest absolute Gasteiger partial charge is 0.371 e. The molecule has 0 atom stereocenters. The molecular formula is C19H20F2N2O2S. The number of nitrogens with zero attached hydrogens (tertiary/aromatic N) is 2. The van der Waals surface area contributed by atoms with E-state index in [-0.39, 0.29) is 18.7 Å². The number of thiophene rings is 1. The van der Waals surface area contributed by atoms with Crippen molar-refractivity contribution in [2.24, 2.45) is 5.92 Å². The van der Waals surface area contributed by atoms with Crippen LogP contribution in [0.5, 0.6) is 0 Å². The number of hydrogen-bond acceptors (Lipinski definition) is 4. The molecule has 0 aromatic carbocycles. The van der Waals surface area contributed by atoms with E-state index >= 15 is 0 Å². The van der Waals surface area contributed by atoms with Crippen LogP contribution in [0.25, 0.3) is 0 Å². The monoisotopic (exact) mass is 378 g/mol. The van der Waals surface area contributed by atoms with Crippen LogP contribution in [0, 0.1) is 5.92 Å². The third-order valence-electron chi connectivity index (χ3n) is 4.93. The number of carbonyl (C=O) groups excluding carboxylic acids is 1. The van der Waals surface area contributed by atoms with E-state index in [1.54, 1.807) is 28.6 Å². The SMILES string of the molecule is O=C(C1CC(F)(F)C1)N1CCc2sc(COCc3ccncc3)cc2C1. The normalized spacial score (nSPS) is 19.1. The van der Waals surface area contributed by atoms with Crippen molar-refractivity contribution in [2.45, 2.75) is 44.9 Å². The van der Waals surface area contributed by atoms with Crippen LogP contribution >= 0.6 is 11.3 Å². The second-order valence-corrected chi connectivity index (χ2v) is 8.20. The van der Waals surface area contributed by atoms with Gasteiger partial charge in [-0.15, -0.1) is 11.3 Å². The predicted molar refractivity (Wildman–Crippen MR) is 93.8 cm³/mol. The molecule has 0 saturated heterocycles. The van der Waals surface area contributed by atoms with E-state index in [0.717, 1.165) is 22.4 Å². The number of halogens is 2. The van der Waals surface area contributed by atoms with Crippen molar-refractivity contribution in [1.82, 2.24) is 9.88 Å². The van der Waals surface area contributed by atoms with Gasteiger partial charge in [0.15, 0.2) is 0 Å². The third kappa shape index (κ3) is 3.78. The van der Waals surface area contributed by atoms with Crippen molar-refractivity contribution >= 4 is 17.2 Å². The molecule has 4 nitrogen and oxygen atoms in total. The summed E-state index contributed by atoms with van der Waals surface area (Å²) in [4.78, 5) is 20.5. The van der Waals surface area contributed by atoms with Gasteiger partial charge in [-0.05, 0) is 35.7 Å². The molecule has 26 heavy (non-hydrogen) atoms. The van der Waals surface area contributed by atoms with E-state index in [9.17, 15) is 13.6 Å². The minimum Gasteiger partial charge on any atom is -0.371 e. The highest BCUT2D eigenvalue weighted by atomic mass is 32.1. The van der Waals surface area contributed by atoms with Crippen LogP contribution in [0.2, 0.25) is 0 Å². The maximum atomic E-state index is 13.0. The van der Waals surface area contributed by atoms with Crippen LogP contribution < -0.4 is 0 Å². The Balaban J connectivity index is 1.31. The summed E-state index contributed by atoms with van der Waals surface area (Å²) in [6.45, 7) is 2.21. The molecule has 1 aliphatic carbocycles. The molecule has 4 rings (SSSR count). The lowest BCUT2D eigenvalue weighted by Gasteiger charge is -2.38. The molecule has 1 aliphatic heterocycles. The van der Waals surface area contributed by atoms with E-state index in [2.05, 4.69) is 11.1 Å². The van der Waals surface area contributed by atoms with E-state index in [1.807, 2.05) is 12.1 Å². The van der Waals surface area contributed by atoms with Crippen molar-refractivity contribution in [3.8, 4) is 0 Å². The number of rotatable bonds is 5. The summed E-state index contributed by atoms with van der Waals surface area (Å²) >= 11 is 1.72. The number of ether oxygens (including phenoxy) is 1. The zero-order valence-corrected chi connectivity index (χ0v) is 15.1.